The summed E-state index contributed by atoms with van der Waals surface area (Å²) in [6.45, 7) is 0. The molecule has 4 heavy (non-hydrogen) atoms. The predicted octanol–water partition coefficient (Wildman–Crippen LogP) is -0.388. The van der Waals surface area contributed by atoms with Crippen LogP contribution in [0.25, 0.3) is 0 Å². The van der Waals surface area contributed by atoms with E-state index in [0.717, 1.165) is 0 Å². The topological polar surface area (TPSA) is 0 Å². The van der Waals surface area contributed by atoms with Crippen LogP contribution in [0.15, 0.2) is 0 Å². The molecular formula is Ag3Al. The number of rotatable bonds is 0. The summed E-state index contributed by atoms with van der Waals surface area (Å²) >= 11 is 0. The SMILES string of the molecule is [Ag].[Ag].[Ag].[Al]. The van der Waals surface area contributed by atoms with Crippen molar-refractivity contribution in [2.75, 3.05) is 0 Å². The minimum Gasteiger partial charge on any atom is 0 e. The predicted molar refractivity (Wildman–Crippen MR) is 5.75 cm³/mol. The fourth-order valence-electron chi connectivity index (χ4n) is 0. The normalized spacial score (nSPS) is 0. The van der Waals surface area contributed by atoms with Crippen molar-refractivity contribution >= 4 is 17.4 Å². The van der Waals surface area contributed by atoms with Gasteiger partial charge in [0.15, 0.2) is 0 Å². The van der Waals surface area contributed by atoms with E-state index in [2.05, 4.69) is 0 Å². The molecule has 0 aromatic heterocycles. The van der Waals surface area contributed by atoms with Crippen molar-refractivity contribution in [3.63, 3.8) is 0 Å². The van der Waals surface area contributed by atoms with E-state index in [1.165, 1.54) is 0 Å². The molecule has 0 heterocycles. The molecule has 0 bridgehead atoms. The van der Waals surface area contributed by atoms with Crippen molar-refractivity contribution in [1.29, 1.82) is 0 Å². The van der Waals surface area contributed by atoms with Gasteiger partial charge in [-0.15, -0.1) is 0 Å². The van der Waals surface area contributed by atoms with Crippen molar-refractivity contribution in [1.82, 2.24) is 0 Å². The molecule has 0 amide bonds. The maximum atomic E-state index is 0. The Bertz CT molecular complexity index is 3.25. The van der Waals surface area contributed by atoms with Gasteiger partial charge in [-0.25, -0.2) is 0 Å². The minimum absolute atomic E-state index is 0. The van der Waals surface area contributed by atoms with E-state index in [1.807, 2.05) is 0 Å². The van der Waals surface area contributed by atoms with Crippen molar-refractivity contribution < 1.29 is 67.1 Å². The summed E-state index contributed by atoms with van der Waals surface area (Å²) in [4.78, 5) is 0. The summed E-state index contributed by atoms with van der Waals surface area (Å²) in [7, 11) is 0. The van der Waals surface area contributed by atoms with E-state index >= 15 is 0 Å². The van der Waals surface area contributed by atoms with E-state index in [4.69, 9.17) is 0 Å². The van der Waals surface area contributed by atoms with E-state index < -0.39 is 0 Å². The molecule has 0 aliphatic carbocycles. The maximum absolute atomic E-state index is 0. The molecule has 0 saturated carbocycles. The van der Waals surface area contributed by atoms with Gasteiger partial charge in [-0.1, -0.05) is 0 Å². The van der Waals surface area contributed by atoms with Crippen LogP contribution in [0.2, 0.25) is 0 Å². The molecule has 0 aromatic rings. The first kappa shape index (κ1) is 29.5. The third-order valence-electron chi connectivity index (χ3n) is 0. The Hall–Kier alpha value is 2.75. The smallest absolute Gasteiger partial charge is 0 e. The van der Waals surface area contributed by atoms with Crippen molar-refractivity contribution in [3.8, 4) is 0 Å². The van der Waals surface area contributed by atoms with Crippen molar-refractivity contribution in [3.05, 3.63) is 0 Å². The van der Waals surface area contributed by atoms with Gasteiger partial charge in [-0.3, -0.25) is 0 Å². The van der Waals surface area contributed by atoms with Crippen LogP contribution in [-0.4, -0.2) is 17.4 Å². The van der Waals surface area contributed by atoms with Gasteiger partial charge in [0, 0.05) is 84.5 Å². The quantitative estimate of drug-likeness (QED) is 0.522. The zero-order valence-electron chi connectivity index (χ0n) is 1.48. The average molecular weight is 351 g/mol. The first-order valence-corrected chi connectivity index (χ1v) is 0. The van der Waals surface area contributed by atoms with E-state index in [0.29, 0.717) is 0 Å². The molecule has 0 spiro atoms. The zero-order chi connectivity index (χ0) is 0. The van der Waals surface area contributed by atoms with Gasteiger partial charge in [0.25, 0.3) is 0 Å². The largest absolute Gasteiger partial charge is 0 e. The monoisotopic (exact) mass is 348 g/mol. The zero-order valence-corrected chi connectivity index (χ0v) is 7.08. The molecule has 0 atom stereocenters. The van der Waals surface area contributed by atoms with Gasteiger partial charge < -0.3 is 0 Å². The summed E-state index contributed by atoms with van der Waals surface area (Å²) in [5.74, 6) is 0. The second kappa shape index (κ2) is 17.1. The Morgan fingerprint density at radius 1 is 0.500 bits per heavy atom. The molecule has 0 aliphatic rings. The Morgan fingerprint density at radius 2 is 0.500 bits per heavy atom. The first-order chi connectivity index (χ1) is 0. The third-order valence-corrected chi connectivity index (χ3v) is 0. The number of hydrogen-bond donors (Lipinski definition) is 0. The van der Waals surface area contributed by atoms with Crippen LogP contribution in [0.4, 0.5) is 0 Å². The van der Waals surface area contributed by atoms with Crippen LogP contribution in [0.3, 0.4) is 0 Å². The maximum Gasteiger partial charge on any atom is 0 e. The van der Waals surface area contributed by atoms with Crippen LogP contribution in [-0.2, 0) is 67.1 Å². The molecule has 0 N–H and O–H groups in total. The van der Waals surface area contributed by atoms with Crippen LogP contribution in [0, 0.1) is 0 Å². The van der Waals surface area contributed by atoms with Gasteiger partial charge in [-0.05, 0) is 0 Å². The standard InChI is InChI=1S/3Ag.Al. The van der Waals surface area contributed by atoms with E-state index in [9.17, 15) is 0 Å². The Kier molecular flexibility index (Phi) is 126. The molecule has 0 fully saturated rings. The van der Waals surface area contributed by atoms with Gasteiger partial charge in [0.05, 0.1) is 0 Å². The average Bonchev–Trinajstić information content (AvgIpc) is 0. The third kappa shape index (κ3) is 8.83. The van der Waals surface area contributed by atoms with Gasteiger partial charge >= 0.3 is 0 Å². The van der Waals surface area contributed by atoms with Crippen LogP contribution < -0.4 is 0 Å². The second-order valence-electron chi connectivity index (χ2n) is 0. The summed E-state index contributed by atoms with van der Waals surface area (Å²) < 4.78 is 0. The molecule has 0 aromatic carbocycles. The Balaban J connectivity index is 0. The Labute approximate surface area is 83.1 Å². The van der Waals surface area contributed by atoms with Gasteiger partial charge in [0.1, 0.15) is 0 Å². The minimum atomic E-state index is 0. The van der Waals surface area contributed by atoms with E-state index in [-0.39, 0.29) is 84.5 Å². The van der Waals surface area contributed by atoms with Crippen LogP contribution in [0.5, 0.6) is 0 Å². The molecule has 0 unspecified atom stereocenters. The molecule has 0 aliphatic heterocycles. The van der Waals surface area contributed by atoms with Gasteiger partial charge in [-0.2, -0.15) is 0 Å². The summed E-state index contributed by atoms with van der Waals surface area (Å²) in [5.41, 5.74) is 0. The molecule has 0 saturated heterocycles. The number of hydrogen-bond acceptors (Lipinski definition) is 0. The molecule has 6 radical (unpaired) electrons. The van der Waals surface area contributed by atoms with E-state index in [1.54, 1.807) is 0 Å². The molecular weight excluding hydrogens is 351 g/mol. The molecule has 4 heteroatoms. The van der Waals surface area contributed by atoms with Crippen molar-refractivity contribution in [2.45, 2.75) is 0 Å². The van der Waals surface area contributed by atoms with Gasteiger partial charge in [0.2, 0.25) is 0 Å². The van der Waals surface area contributed by atoms with Crippen molar-refractivity contribution in [2.24, 2.45) is 0 Å². The first-order valence-electron chi connectivity index (χ1n) is 0. The molecule has 0 nitrogen and oxygen atoms in total. The Morgan fingerprint density at radius 3 is 0.500 bits per heavy atom. The fourth-order valence-corrected chi connectivity index (χ4v) is 0. The van der Waals surface area contributed by atoms with Crippen LogP contribution >= 0.6 is 0 Å². The fraction of sp³-hybridized carbons (Fsp3) is 0. The molecule has 36 valence electrons. The summed E-state index contributed by atoms with van der Waals surface area (Å²) in [5, 5.41) is 0. The second-order valence-corrected chi connectivity index (χ2v) is 0. The molecule has 0 rings (SSSR count). The summed E-state index contributed by atoms with van der Waals surface area (Å²) in [6.07, 6.45) is 0. The van der Waals surface area contributed by atoms with Crippen LogP contribution in [0.1, 0.15) is 0 Å². The summed E-state index contributed by atoms with van der Waals surface area (Å²) in [6, 6.07) is 0.